The van der Waals surface area contributed by atoms with Crippen LogP contribution in [-0.2, 0) is 19.4 Å². The number of sulfone groups is 1. The first kappa shape index (κ1) is 19.8. The highest BCUT2D eigenvalue weighted by molar-refractivity contribution is 7.92. The molecule has 0 aromatic heterocycles. The van der Waals surface area contributed by atoms with Gasteiger partial charge in [0.05, 0.1) is 12.0 Å². The van der Waals surface area contributed by atoms with Crippen LogP contribution in [0.3, 0.4) is 0 Å². The van der Waals surface area contributed by atoms with E-state index < -0.39 is 26.8 Å². The lowest BCUT2D eigenvalue weighted by molar-refractivity contribution is -0.140. The zero-order valence-corrected chi connectivity index (χ0v) is 16.2. The van der Waals surface area contributed by atoms with Crippen molar-refractivity contribution >= 4 is 32.4 Å². The Labute approximate surface area is 163 Å². The van der Waals surface area contributed by atoms with Crippen LogP contribution in [0.1, 0.15) is 23.2 Å². The van der Waals surface area contributed by atoms with Gasteiger partial charge in [-0.05, 0) is 29.3 Å². The molecule has 3 rings (SSSR count). The van der Waals surface area contributed by atoms with Crippen LogP contribution >= 0.6 is 0 Å². The van der Waals surface area contributed by atoms with Crippen molar-refractivity contribution in [3.8, 4) is 0 Å². The van der Waals surface area contributed by atoms with E-state index in [2.05, 4.69) is 4.74 Å². The number of hydrogen-bond acceptors (Lipinski definition) is 5. The average molecular weight is 396 g/mol. The number of Topliss-reactive ketones (excluding diaryl/α,β-unsaturated/α-hetero) is 1. The van der Waals surface area contributed by atoms with Crippen LogP contribution < -0.4 is 0 Å². The predicted molar refractivity (Wildman–Crippen MR) is 107 cm³/mol. The molecule has 0 saturated heterocycles. The first-order valence-electron chi connectivity index (χ1n) is 8.83. The Kier molecular flexibility index (Phi) is 5.90. The van der Waals surface area contributed by atoms with Crippen molar-refractivity contribution in [2.24, 2.45) is 0 Å². The van der Waals surface area contributed by atoms with Gasteiger partial charge in [-0.25, -0.2) is 8.42 Å². The van der Waals surface area contributed by atoms with Crippen molar-refractivity contribution in [3.63, 3.8) is 0 Å². The Bertz CT molecular complexity index is 1100. The minimum Gasteiger partial charge on any atom is -0.469 e. The molecule has 6 heteroatoms. The number of carbonyl (C=O) groups is 2. The van der Waals surface area contributed by atoms with Gasteiger partial charge in [0.25, 0.3) is 0 Å². The van der Waals surface area contributed by atoms with Crippen LogP contribution in [0, 0.1) is 0 Å². The number of ether oxygens (including phenoxy) is 1. The normalized spacial score (nSPS) is 12.5. The molecule has 1 unspecified atom stereocenters. The van der Waals surface area contributed by atoms with E-state index in [1.807, 2.05) is 18.2 Å². The van der Waals surface area contributed by atoms with Crippen LogP contribution in [-0.4, -0.2) is 32.5 Å². The van der Waals surface area contributed by atoms with Crippen LogP contribution in [0.4, 0.5) is 0 Å². The van der Waals surface area contributed by atoms with E-state index >= 15 is 0 Å². The van der Waals surface area contributed by atoms with Crippen molar-refractivity contribution < 1.29 is 22.7 Å². The van der Waals surface area contributed by atoms with Crippen molar-refractivity contribution in [2.75, 3.05) is 7.11 Å². The van der Waals surface area contributed by atoms with Gasteiger partial charge in [-0.3, -0.25) is 9.59 Å². The van der Waals surface area contributed by atoms with Crippen molar-refractivity contribution in [1.29, 1.82) is 0 Å². The van der Waals surface area contributed by atoms with E-state index in [4.69, 9.17) is 0 Å². The molecule has 0 saturated carbocycles. The van der Waals surface area contributed by atoms with Crippen LogP contribution in [0.15, 0.2) is 77.7 Å². The first-order chi connectivity index (χ1) is 13.4. The summed E-state index contributed by atoms with van der Waals surface area (Å²) in [5.74, 6) is -1.08. The van der Waals surface area contributed by atoms with E-state index in [0.717, 1.165) is 5.39 Å². The van der Waals surface area contributed by atoms with Crippen molar-refractivity contribution in [1.82, 2.24) is 0 Å². The third-order valence-electron chi connectivity index (χ3n) is 4.63. The second kappa shape index (κ2) is 8.35. The Morgan fingerprint density at radius 2 is 1.54 bits per heavy atom. The molecule has 0 bridgehead atoms. The molecule has 0 radical (unpaired) electrons. The zero-order chi connectivity index (χ0) is 20.1. The quantitative estimate of drug-likeness (QED) is 0.448. The lowest BCUT2D eigenvalue weighted by Crippen LogP contribution is -2.31. The predicted octanol–water partition coefficient (Wildman–Crippen LogP) is 3.82. The van der Waals surface area contributed by atoms with Gasteiger partial charge < -0.3 is 4.74 Å². The Balaban J connectivity index is 2.08. The van der Waals surface area contributed by atoms with Gasteiger partial charge in [-0.1, -0.05) is 60.7 Å². The topological polar surface area (TPSA) is 77.5 Å². The third-order valence-corrected chi connectivity index (χ3v) is 6.76. The highest BCUT2D eigenvalue weighted by Crippen LogP contribution is 2.27. The van der Waals surface area contributed by atoms with Gasteiger partial charge in [0.1, 0.15) is 5.25 Å². The fraction of sp³-hybridized carbons (Fsp3) is 0.182. The Morgan fingerprint density at radius 3 is 2.25 bits per heavy atom. The minimum absolute atomic E-state index is 0.0541. The van der Waals surface area contributed by atoms with Gasteiger partial charge in [0, 0.05) is 12.0 Å². The molecule has 5 nitrogen and oxygen atoms in total. The lowest BCUT2D eigenvalue weighted by atomic mass is 9.98. The summed E-state index contributed by atoms with van der Waals surface area (Å²) in [6, 6.07) is 20.3. The molecule has 0 heterocycles. The SMILES string of the molecule is COC(=O)CCC(C(=O)c1cccc2ccccc12)S(=O)(=O)c1ccccc1. The summed E-state index contributed by atoms with van der Waals surface area (Å²) >= 11 is 0. The number of esters is 1. The maximum atomic E-state index is 13.3. The van der Waals surface area contributed by atoms with Crippen molar-refractivity contribution in [2.45, 2.75) is 23.0 Å². The number of methoxy groups -OCH3 is 1. The van der Waals surface area contributed by atoms with E-state index in [-0.39, 0.29) is 17.7 Å². The molecule has 0 aliphatic rings. The summed E-state index contributed by atoms with van der Waals surface area (Å²) in [6.45, 7) is 0. The number of fused-ring (bicyclic) bond motifs is 1. The highest BCUT2D eigenvalue weighted by Gasteiger charge is 2.35. The molecule has 3 aromatic carbocycles. The molecule has 0 amide bonds. The smallest absolute Gasteiger partial charge is 0.305 e. The molecular formula is C22H20O5S. The molecule has 0 spiro atoms. The Hall–Kier alpha value is -2.99. The molecule has 0 aliphatic heterocycles. The molecule has 0 fully saturated rings. The van der Waals surface area contributed by atoms with Gasteiger partial charge in [-0.2, -0.15) is 0 Å². The summed E-state index contributed by atoms with van der Waals surface area (Å²) in [7, 11) is -2.75. The number of rotatable bonds is 7. The molecule has 144 valence electrons. The summed E-state index contributed by atoms with van der Waals surface area (Å²) < 4.78 is 31.1. The van der Waals surface area contributed by atoms with Gasteiger partial charge in [0.2, 0.25) is 0 Å². The van der Waals surface area contributed by atoms with Gasteiger partial charge in [-0.15, -0.1) is 0 Å². The first-order valence-corrected chi connectivity index (χ1v) is 10.4. The van der Waals surface area contributed by atoms with Crippen LogP contribution in [0.25, 0.3) is 10.8 Å². The monoisotopic (exact) mass is 396 g/mol. The van der Waals surface area contributed by atoms with Gasteiger partial charge in [0.15, 0.2) is 15.6 Å². The summed E-state index contributed by atoms with van der Waals surface area (Å²) in [5.41, 5.74) is 0.326. The molecule has 28 heavy (non-hydrogen) atoms. The maximum Gasteiger partial charge on any atom is 0.305 e. The standard InChI is InChI=1S/C22H20O5S/c1-27-21(23)15-14-20(28(25,26)17-10-3-2-4-11-17)22(24)19-13-7-9-16-8-5-6-12-18(16)19/h2-13,20H,14-15H2,1H3. The molecule has 3 aromatic rings. The van der Waals surface area contributed by atoms with Crippen LogP contribution in [0.5, 0.6) is 0 Å². The van der Waals surface area contributed by atoms with Crippen LogP contribution in [0.2, 0.25) is 0 Å². The van der Waals surface area contributed by atoms with E-state index in [9.17, 15) is 18.0 Å². The number of carbonyl (C=O) groups excluding carboxylic acids is 2. The van der Waals surface area contributed by atoms with Crippen molar-refractivity contribution in [3.05, 3.63) is 78.4 Å². The molecule has 0 N–H and O–H groups in total. The minimum atomic E-state index is -3.98. The summed E-state index contributed by atoms with van der Waals surface area (Å²) in [5, 5.41) is 0.151. The molecular weight excluding hydrogens is 376 g/mol. The molecule has 0 aliphatic carbocycles. The Morgan fingerprint density at radius 1 is 0.893 bits per heavy atom. The highest BCUT2D eigenvalue weighted by atomic mass is 32.2. The fourth-order valence-electron chi connectivity index (χ4n) is 3.17. The largest absolute Gasteiger partial charge is 0.469 e. The average Bonchev–Trinajstić information content (AvgIpc) is 2.73. The number of benzene rings is 3. The van der Waals surface area contributed by atoms with Gasteiger partial charge >= 0.3 is 5.97 Å². The lowest BCUT2D eigenvalue weighted by Gasteiger charge is -2.17. The number of hydrogen-bond donors (Lipinski definition) is 0. The summed E-state index contributed by atoms with van der Waals surface area (Å²) in [4.78, 5) is 25.0. The van der Waals surface area contributed by atoms with E-state index in [1.165, 1.54) is 19.2 Å². The number of ketones is 1. The second-order valence-corrected chi connectivity index (χ2v) is 8.48. The summed E-state index contributed by atoms with van der Waals surface area (Å²) in [6.07, 6.45) is -0.310. The fourth-order valence-corrected chi connectivity index (χ4v) is 4.87. The zero-order valence-electron chi connectivity index (χ0n) is 15.4. The third kappa shape index (κ3) is 3.97. The molecule has 1 atom stereocenters. The maximum absolute atomic E-state index is 13.3. The van der Waals surface area contributed by atoms with E-state index in [0.29, 0.717) is 10.9 Å². The van der Waals surface area contributed by atoms with E-state index in [1.54, 1.807) is 42.5 Å². The second-order valence-electron chi connectivity index (χ2n) is 6.35.